The number of fused-ring (bicyclic) bond motifs is 1. The van der Waals surface area contributed by atoms with Crippen molar-refractivity contribution in [1.82, 2.24) is 10.5 Å². The van der Waals surface area contributed by atoms with Crippen molar-refractivity contribution in [3.63, 3.8) is 0 Å². The summed E-state index contributed by atoms with van der Waals surface area (Å²) in [5.74, 6) is 0.853. The minimum absolute atomic E-state index is 0. The van der Waals surface area contributed by atoms with Gasteiger partial charge in [0.1, 0.15) is 5.75 Å². The van der Waals surface area contributed by atoms with Crippen molar-refractivity contribution in [2.24, 2.45) is 5.73 Å². The van der Waals surface area contributed by atoms with Gasteiger partial charge < -0.3 is 15.6 Å². The molecule has 0 bridgehead atoms. The molecule has 0 amide bonds. The first kappa shape index (κ1) is 17.8. The van der Waals surface area contributed by atoms with Gasteiger partial charge in [-0.15, -0.1) is 12.4 Å². The van der Waals surface area contributed by atoms with Crippen LogP contribution in [0.4, 0.5) is 0 Å². The van der Waals surface area contributed by atoms with Gasteiger partial charge in [-0.3, -0.25) is 0 Å². The number of nitrogens with two attached hydrogens (primary N) is 1. The Morgan fingerprint density at radius 3 is 2.86 bits per heavy atom. The van der Waals surface area contributed by atoms with Crippen LogP contribution in [0.1, 0.15) is 38.2 Å². The molecular formula is C16H26ClN3O. The molecule has 0 spiro atoms. The maximum absolute atomic E-state index is 5.63. The number of aromatic amines is 1. The second-order valence-electron chi connectivity index (χ2n) is 5.12. The maximum Gasteiger partial charge on any atom is 0.147 e. The third-order valence-corrected chi connectivity index (χ3v) is 3.47. The molecule has 1 heterocycles. The predicted molar refractivity (Wildman–Crippen MR) is 91.1 cm³/mol. The highest BCUT2D eigenvalue weighted by Crippen LogP contribution is 2.23. The van der Waals surface area contributed by atoms with E-state index in [0.29, 0.717) is 6.54 Å². The molecule has 2 rings (SSSR count). The molecule has 0 fully saturated rings. The van der Waals surface area contributed by atoms with E-state index in [9.17, 15) is 0 Å². The SMILES string of the molecule is CCCCCCNOc1ccc2[nH]cc(CCN)c2c1.Cl. The van der Waals surface area contributed by atoms with Crippen LogP contribution in [-0.4, -0.2) is 18.1 Å². The lowest BCUT2D eigenvalue weighted by Gasteiger charge is -2.07. The van der Waals surface area contributed by atoms with E-state index in [-0.39, 0.29) is 12.4 Å². The number of rotatable bonds is 9. The molecule has 4 nitrogen and oxygen atoms in total. The number of benzene rings is 1. The van der Waals surface area contributed by atoms with Crippen LogP contribution in [0.25, 0.3) is 10.9 Å². The fraction of sp³-hybridized carbons (Fsp3) is 0.500. The van der Waals surface area contributed by atoms with Gasteiger partial charge in [-0.25, -0.2) is 0 Å². The lowest BCUT2D eigenvalue weighted by atomic mass is 10.1. The monoisotopic (exact) mass is 311 g/mol. The molecule has 0 aliphatic carbocycles. The van der Waals surface area contributed by atoms with Crippen LogP contribution in [0.15, 0.2) is 24.4 Å². The van der Waals surface area contributed by atoms with Crippen molar-refractivity contribution in [3.8, 4) is 5.75 Å². The van der Waals surface area contributed by atoms with Crippen molar-refractivity contribution < 1.29 is 4.84 Å². The molecule has 0 unspecified atom stereocenters. The Hall–Kier alpha value is -1.23. The van der Waals surface area contributed by atoms with Gasteiger partial charge in [-0.2, -0.15) is 5.48 Å². The molecule has 1 aromatic carbocycles. The lowest BCUT2D eigenvalue weighted by Crippen LogP contribution is -2.19. The first-order chi connectivity index (χ1) is 9.85. The van der Waals surface area contributed by atoms with Crippen LogP contribution in [0.2, 0.25) is 0 Å². The van der Waals surface area contributed by atoms with Gasteiger partial charge >= 0.3 is 0 Å². The number of aromatic nitrogens is 1. The van der Waals surface area contributed by atoms with E-state index in [0.717, 1.165) is 30.7 Å². The molecule has 4 N–H and O–H groups in total. The second kappa shape index (κ2) is 9.66. The second-order valence-corrected chi connectivity index (χ2v) is 5.12. The van der Waals surface area contributed by atoms with Crippen molar-refractivity contribution in [1.29, 1.82) is 0 Å². The fourth-order valence-corrected chi connectivity index (χ4v) is 2.34. The largest absolute Gasteiger partial charge is 0.409 e. The van der Waals surface area contributed by atoms with Crippen LogP contribution >= 0.6 is 12.4 Å². The van der Waals surface area contributed by atoms with Gasteiger partial charge in [0, 0.05) is 23.6 Å². The highest BCUT2D eigenvalue weighted by atomic mass is 35.5. The van der Waals surface area contributed by atoms with E-state index in [2.05, 4.69) is 23.5 Å². The zero-order valence-corrected chi connectivity index (χ0v) is 13.5. The lowest BCUT2D eigenvalue weighted by molar-refractivity contribution is 0.194. The molecule has 0 radical (unpaired) electrons. The average Bonchev–Trinajstić information content (AvgIpc) is 2.86. The number of halogens is 1. The normalized spacial score (nSPS) is 10.6. The van der Waals surface area contributed by atoms with Gasteiger partial charge in [0.05, 0.1) is 0 Å². The zero-order valence-electron chi connectivity index (χ0n) is 12.7. The van der Waals surface area contributed by atoms with E-state index in [1.807, 2.05) is 18.3 Å². The van der Waals surface area contributed by atoms with Crippen molar-refractivity contribution in [2.75, 3.05) is 13.1 Å². The van der Waals surface area contributed by atoms with Gasteiger partial charge in [0.2, 0.25) is 0 Å². The first-order valence-electron chi connectivity index (χ1n) is 7.55. The summed E-state index contributed by atoms with van der Waals surface area (Å²) in [5.41, 5.74) is 11.0. The van der Waals surface area contributed by atoms with Crippen LogP contribution in [0.5, 0.6) is 5.75 Å². The molecule has 0 aliphatic rings. The molecule has 1 aromatic heterocycles. The molecular weight excluding hydrogens is 286 g/mol. The Labute approximate surface area is 132 Å². The van der Waals surface area contributed by atoms with Gasteiger partial charge in [-0.05, 0) is 43.1 Å². The number of hydroxylamine groups is 1. The van der Waals surface area contributed by atoms with Crippen LogP contribution in [0, 0.1) is 0 Å². The smallest absolute Gasteiger partial charge is 0.147 e. The Balaban J connectivity index is 0.00000220. The van der Waals surface area contributed by atoms with Gasteiger partial charge in [-0.1, -0.05) is 26.2 Å². The average molecular weight is 312 g/mol. The fourth-order valence-electron chi connectivity index (χ4n) is 2.34. The number of nitrogens with one attached hydrogen (secondary N) is 2. The summed E-state index contributed by atoms with van der Waals surface area (Å²) in [6, 6.07) is 6.09. The number of hydrogen-bond acceptors (Lipinski definition) is 3. The molecule has 118 valence electrons. The zero-order chi connectivity index (χ0) is 14.2. The topological polar surface area (TPSA) is 63.1 Å². The highest BCUT2D eigenvalue weighted by Gasteiger charge is 2.04. The molecule has 0 aliphatic heterocycles. The van der Waals surface area contributed by atoms with Crippen LogP contribution in [0.3, 0.4) is 0 Å². The standard InChI is InChI=1S/C16H25N3O.ClH/c1-2-3-4-5-10-19-20-14-6-7-16-15(11-14)13(8-9-17)12-18-16;/h6-7,11-12,18-19H,2-5,8-10,17H2,1H3;1H. The molecule has 5 heteroatoms. The molecule has 0 saturated heterocycles. The van der Waals surface area contributed by atoms with E-state index >= 15 is 0 Å². The Kier molecular flexibility index (Phi) is 8.20. The molecule has 2 aromatic rings. The summed E-state index contributed by atoms with van der Waals surface area (Å²) < 4.78 is 0. The minimum Gasteiger partial charge on any atom is -0.409 e. The van der Waals surface area contributed by atoms with Crippen LogP contribution < -0.4 is 16.1 Å². The highest BCUT2D eigenvalue weighted by molar-refractivity contribution is 5.85. The van der Waals surface area contributed by atoms with Gasteiger partial charge in [0.25, 0.3) is 0 Å². The van der Waals surface area contributed by atoms with E-state index in [4.69, 9.17) is 10.6 Å². The summed E-state index contributed by atoms with van der Waals surface area (Å²) in [5, 5.41) is 1.20. The van der Waals surface area contributed by atoms with Crippen molar-refractivity contribution in [2.45, 2.75) is 39.0 Å². The van der Waals surface area contributed by atoms with Crippen LogP contribution in [-0.2, 0) is 6.42 Å². The Bertz CT molecular complexity index is 527. The van der Waals surface area contributed by atoms with Gasteiger partial charge in [0.15, 0.2) is 0 Å². The number of H-pyrrole nitrogens is 1. The van der Waals surface area contributed by atoms with E-state index in [1.165, 1.54) is 30.2 Å². The predicted octanol–water partition coefficient (Wildman–Crippen LogP) is 3.55. The Morgan fingerprint density at radius 1 is 1.24 bits per heavy atom. The van der Waals surface area contributed by atoms with E-state index < -0.39 is 0 Å². The minimum atomic E-state index is 0. The van der Waals surface area contributed by atoms with Crippen molar-refractivity contribution in [3.05, 3.63) is 30.0 Å². The summed E-state index contributed by atoms with van der Waals surface area (Å²) in [7, 11) is 0. The Morgan fingerprint density at radius 2 is 2.10 bits per heavy atom. The number of hydrogen-bond donors (Lipinski definition) is 3. The first-order valence-corrected chi connectivity index (χ1v) is 7.55. The summed E-state index contributed by atoms with van der Waals surface area (Å²) in [4.78, 5) is 8.86. The summed E-state index contributed by atoms with van der Waals surface area (Å²) >= 11 is 0. The van der Waals surface area contributed by atoms with Crippen molar-refractivity contribution >= 4 is 23.3 Å². The summed E-state index contributed by atoms with van der Waals surface area (Å²) in [6.45, 7) is 3.77. The quantitative estimate of drug-likeness (QED) is 0.490. The molecule has 21 heavy (non-hydrogen) atoms. The molecule has 0 atom stereocenters. The number of unbranched alkanes of at least 4 members (excludes halogenated alkanes) is 3. The van der Waals surface area contributed by atoms with E-state index in [1.54, 1.807) is 0 Å². The summed E-state index contributed by atoms with van der Waals surface area (Å²) in [6.07, 6.45) is 7.87. The third kappa shape index (κ3) is 5.23. The molecule has 0 saturated carbocycles. The maximum atomic E-state index is 5.63. The third-order valence-electron chi connectivity index (χ3n) is 3.47.